The molecule has 0 amide bonds. The Balaban J connectivity index is 0.985. The Morgan fingerprint density at radius 3 is 1.44 bits per heavy atom. The second kappa shape index (κ2) is 11.6. The minimum atomic E-state index is 0.924. The van der Waals surface area contributed by atoms with Gasteiger partial charge in [0.05, 0.1) is 26.8 Å². The van der Waals surface area contributed by atoms with Crippen LogP contribution in [-0.2, 0) is 0 Å². The summed E-state index contributed by atoms with van der Waals surface area (Å²) in [5.41, 5.74) is 8.30. The Morgan fingerprint density at radius 2 is 0.789 bits per heavy atom. The first-order valence-electron chi connectivity index (χ1n) is 19.4. The number of rotatable bonds is 3. The Kier molecular flexibility index (Phi) is 6.32. The van der Waals surface area contributed by atoms with Crippen LogP contribution >= 0.6 is 11.3 Å². The number of fused-ring (bicyclic) bond motifs is 15. The molecule has 9 aromatic carbocycles. The summed E-state index contributed by atoms with van der Waals surface area (Å²) in [6.45, 7) is 0. The summed E-state index contributed by atoms with van der Waals surface area (Å²) in [6, 6.07) is 66.9. The first-order valence-corrected chi connectivity index (χ1v) is 20.3. The number of hydrogen-bond acceptors (Lipinski definition) is 2. The monoisotopic (exact) mass is 741 g/mol. The van der Waals surface area contributed by atoms with Crippen LogP contribution in [0.3, 0.4) is 0 Å². The van der Waals surface area contributed by atoms with Crippen molar-refractivity contribution in [2.75, 3.05) is 0 Å². The Hall–Kier alpha value is -7.27. The zero-order valence-electron chi connectivity index (χ0n) is 30.6. The van der Waals surface area contributed by atoms with Crippen LogP contribution in [0.5, 0.6) is 0 Å². The molecule has 3 nitrogen and oxygen atoms in total. The fourth-order valence-electron chi connectivity index (χ4n) is 9.61. The van der Waals surface area contributed by atoms with Gasteiger partial charge in [0.25, 0.3) is 0 Å². The molecule has 0 fully saturated rings. The van der Waals surface area contributed by atoms with Gasteiger partial charge in [-0.05, 0) is 104 Å². The molecule has 4 heterocycles. The molecule has 0 bridgehead atoms. The van der Waals surface area contributed by atoms with E-state index in [1.165, 1.54) is 96.2 Å². The normalized spacial score (nSPS) is 12.2. The Morgan fingerprint density at radius 1 is 0.316 bits per heavy atom. The van der Waals surface area contributed by atoms with Gasteiger partial charge in [0.1, 0.15) is 5.82 Å². The van der Waals surface area contributed by atoms with E-state index in [1.54, 1.807) is 0 Å². The van der Waals surface area contributed by atoms with E-state index in [0.717, 1.165) is 22.5 Å². The van der Waals surface area contributed by atoms with Crippen molar-refractivity contribution in [2.24, 2.45) is 0 Å². The molecule has 0 aliphatic heterocycles. The SMILES string of the molecule is c1ccc2c(c1)c1ccccc1c1cc(-c3ccc4sc5cnc(-n6c7ccccc7c7cc(-n8c9ccccc9c9ccccc98)ccc76)cc5c4c3)ccc21. The molecule has 0 unspecified atom stereocenters. The molecule has 0 radical (unpaired) electrons. The summed E-state index contributed by atoms with van der Waals surface area (Å²) in [4.78, 5) is 5.14. The number of pyridine rings is 1. The summed E-state index contributed by atoms with van der Waals surface area (Å²) in [7, 11) is 0. The number of para-hydroxylation sites is 3. The summed E-state index contributed by atoms with van der Waals surface area (Å²) in [6.07, 6.45) is 2.06. The fourth-order valence-corrected chi connectivity index (χ4v) is 10.6. The topological polar surface area (TPSA) is 22.8 Å². The molecule has 4 aromatic heterocycles. The Bertz CT molecular complexity index is 3740. The number of thiophene rings is 1. The highest BCUT2D eigenvalue weighted by Crippen LogP contribution is 2.42. The van der Waals surface area contributed by atoms with Gasteiger partial charge >= 0.3 is 0 Å². The predicted molar refractivity (Wildman–Crippen MR) is 244 cm³/mol. The average Bonchev–Trinajstić information content (AvgIpc) is 3.93. The predicted octanol–water partition coefficient (Wildman–Crippen LogP) is 14.8. The van der Waals surface area contributed by atoms with Crippen LogP contribution in [0.4, 0.5) is 0 Å². The second-order valence-corrected chi connectivity index (χ2v) is 16.2. The van der Waals surface area contributed by atoms with E-state index in [0.29, 0.717) is 0 Å². The lowest BCUT2D eigenvalue weighted by atomic mass is 9.92. The van der Waals surface area contributed by atoms with E-state index in [1.807, 2.05) is 11.3 Å². The molecule has 57 heavy (non-hydrogen) atoms. The van der Waals surface area contributed by atoms with Crippen molar-refractivity contribution < 1.29 is 0 Å². The van der Waals surface area contributed by atoms with Gasteiger partial charge in [-0.25, -0.2) is 4.98 Å². The van der Waals surface area contributed by atoms with Crippen LogP contribution in [0, 0.1) is 0 Å². The highest BCUT2D eigenvalue weighted by molar-refractivity contribution is 7.25. The van der Waals surface area contributed by atoms with Crippen LogP contribution in [0.25, 0.3) is 119 Å². The molecular weight excluding hydrogens is 711 g/mol. The lowest BCUT2D eigenvalue weighted by Gasteiger charge is -2.12. The van der Waals surface area contributed by atoms with Gasteiger partial charge in [0.15, 0.2) is 0 Å². The molecule has 4 heteroatoms. The van der Waals surface area contributed by atoms with Crippen LogP contribution in [0.15, 0.2) is 188 Å². The van der Waals surface area contributed by atoms with Gasteiger partial charge in [-0.15, -0.1) is 11.3 Å². The zero-order chi connectivity index (χ0) is 37.2. The largest absolute Gasteiger partial charge is 0.309 e. The summed E-state index contributed by atoms with van der Waals surface area (Å²) in [5.74, 6) is 0.924. The van der Waals surface area contributed by atoms with E-state index in [2.05, 4.69) is 197 Å². The molecule has 0 aliphatic rings. The molecule has 13 aromatic rings. The first-order chi connectivity index (χ1) is 28.3. The van der Waals surface area contributed by atoms with Crippen molar-refractivity contribution in [2.45, 2.75) is 0 Å². The maximum Gasteiger partial charge on any atom is 0.138 e. The lowest BCUT2D eigenvalue weighted by molar-refractivity contribution is 1.09. The van der Waals surface area contributed by atoms with E-state index >= 15 is 0 Å². The molecule has 0 saturated heterocycles. The van der Waals surface area contributed by atoms with Crippen molar-refractivity contribution in [1.82, 2.24) is 14.1 Å². The van der Waals surface area contributed by atoms with Crippen molar-refractivity contribution >= 4 is 107 Å². The van der Waals surface area contributed by atoms with E-state index in [4.69, 9.17) is 4.98 Å². The summed E-state index contributed by atoms with van der Waals surface area (Å²) < 4.78 is 7.20. The van der Waals surface area contributed by atoms with Gasteiger partial charge in [0, 0.05) is 48.9 Å². The van der Waals surface area contributed by atoms with Crippen LogP contribution in [0.2, 0.25) is 0 Å². The number of benzene rings is 9. The van der Waals surface area contributed by atoms with Crippen LogP contribution in [-0.4, -0.2) is 14.1 Å². The quantitative estimate of drug-likeness (QED) is 0.165. The van der Waals surface area contributed by atoms with Gasteiger partial charge in [-0.3, -0.25) is 4.57 Å². The van der Waals surface area contributed by atoms with Gasteiger partial charge in [-0.1, -0.05) is 121 Å². The summed E-state index contributed by atoms with van der Waals surface area (Å²) in [5, 5.41) is 15.2. The highest BCUT2D eigenvalue weighted by Gasteiger charge is 2.18. The van der Waals surface area contributed by atoms with Crippen molar-refractivity contribution in [1.29, 1.82) is 0 Å². The molecule has 0 atom stereocenters. The molecular formula is C53H31N3S. The average molecular weight is 742 g/mol. The lowest BCUT2D eigenvalue weighted by Crippen LogP contribution is -1.97. The molecule has 0 aliphatic carbocycles. The Labute approximate surface area is 330 Å². The number of nitrogens with zero attached hydrogens (tertiary/aromatic N) is 3. The third-order valence-electron chi connectivity index (χ3n) is 12.1. The van der Waals surface area contributed by atoms with Crippen molar-refractivity contribution in [3.63, 3.8) is 0 Å². The minimum absolute atomic E-state index is 0.924. The van der Waals surface area contributed by atoms with Gasteiger partial charge in [0.2, 0.25) is 0 Å². The molecule has 0 N–H and O–H groups in total. The van der Waals surface area contributed by atoms with Crippen molar-refractivity contribution in [3.8, 4) is 22.6 Å². The molecule has 264 valence electrons. The van der Waals surface area contributed by atoms with Gasteiger partial charge in [-0.2, -0.15) is 0 Å². The van der Waals surface area contributed by atoms with E-state index in [9.17, 15) is 0 Å². The van der Waals surface area contributed by atoms with Crippen LogP contribution in [0.1, 0.15) is 0 Å². The van der Waals surface area contributed by atoms with Crippen molar-refractivity contribution in [3.05, 3.63) is 188 Å². The molecule has 13 rings (SSSR count). The minimum Gasteiger partial charge on any atom is -0.309 e. The van der Waals surface area contributed by atoms with E-state index < -0.39 is 0 Å². The third kappa shape index (κ3) is 4.39. The standard InChI is InChI=1S/C53H31N3S/c1-2-13-37-35(11-1)36-12-3-4-14-38(36)43-27-32(21-24-39(37)43)33-22-26-51-45(28-33)46-30-53(54-31-52(46)57-51)56-49-20-10-7-17-42(49)44-29-34(23-25-50(44)56)55-47-18-8-5-15-40(47)41-16-6-9-19-48(41)55/h1-31H. The number of hydrogen-bond donors (Lipinski definition) is 0. The first kappa shape index (κ1) is 31.0. The maximum absolute atomic E-state index is 5.14. The fraction of sp³-hybridized carbons (Fsp3) is 0. The van der Waals surface area contributed by atoms with E-state index in [-0.39, 0.29) is 0 Å². The summed E-state index contributed by atoms with van der Waals surface area (Å²) >= 11 is 1.81. The highest BCUT2D eigenvalue weighted by atomic mass is 32.1. The number of aromatic nitrogens is 3. The zero-order valence-corrected chi connectivity index (χ0v) is 31.5. The molecule has 0 spiro atoms. The van der Waals surface area contributed by atoms with Gasteiger partial charge < -0.3 is 4.57 Å². The van der Waals surface area contributed by atoms with Crippen LogP contribution < -0.4 is 0 Å². The smallest absolute Gasteiger partial charge is 0.138 e. The maximum atomic E-state index is 5.14. The molecule has 0 saturated carbocycles. The third-order valence-corrected chi connectivity index (χ3v) is 13.3. The second-order valence-electron chi connectivity index (χ2n) is 15.1.